The van der Waals surface area contributed by atoms with Gasteiger partial charge in [-0.25, -0.2) is 0 Å². The summed E-state index contributed by atoms with van der Waals surface area (Å²) in [6, 6.07) is 6.33. The molecule has 1 saturated heterocycles. The van der Waals surface area contributed by atoms with Gasteiger partial charge in [0.05, 0.1) is 5.69 Å². The molecule has 1 aliphatic heterocycles. The standard InChI is InChI=1S/C14H19BrClNO/c1-17(10-11-4-6-18-7-5-11)14-3-2-12(9-16)8-13(14)15/h2-3,8,11H,4-7,9-10H2,1H3. The molecule has 18 heavy (non-hydrogen) atoms. The molecule has 0 radical (unpaired) electrons. The largest absolute Gasteiger partial charge is 0.381 e. The average Bonchev–Trinajstić information content (AvgIpc) is 2.39. The molecule has 4 heteroatoms. The van der Waals surface area contributed by atoms with Crippen molar-refractivity contribution in [2.45, 2.75) is 18.7 Å². The molecule has 1 fully saturated rings. The lowest BCUT2D eigenvalue weighted by atomic mass is 9.99. The number of nitrogens with zero attached hydrogens (tertiary/aromatic N) is 1. The minimum atomic E-state index is 0.558. The van der Waals surface area contributed by atoms with E-state index in [1.165, 1.54) is 18.5 Å². The molecule has 0 amide bonds. The van der Waals surface area contributed by atoms with Crippen molar-refractivity contribution >= 4 is 33.2 Å². The SMILES string of the molecule is CN(CC1CCOCC1)c1ccc(CCl)cc1Br. The maximum absolute atomic E-state index is 5.84. The maximum atomic E-state index is 5.84. The molecule has 0 unspecified atom stereocenters. The van der Waals surface area contributed by atoms with Gasteiger partial charge in [-0.15, -0.1) is 11.6 Å². The van der Waals surface area contributed by atoms with E-state index in [-0.39, 0.29) is 0 Å². The molecular formula is C14H19BrClNO. The fourth-order valence-corrected chi connectivity index (χ4v) is 3.25. The summed E-state index contributed by atoms with van der Waals surface area (Å²) in [5.41, 5.74) is 2.38. The van der Waals surface area contributed by atoms with Crippen LogP contribution in [-0.4, -0.2) is 26.8 Å². The third-order valence-electron chi connectivity index (χ3n) is 3.45. The Morgan fingerprint density at radius 2 is 2.11 bits per heavy atom. The van der Waals surface area contributed by atoms with Gasteiger partial charge in [-0.3, -0.25) is 0 Å². The summed E-state index contributed by atoms with van der Waals surface area (Å²) in [7, 11) is 2.15. The molecule has 0 bridgehead atoms. The van der Waals surface area contributed by atoms with Crippen LogP contribution in [0.4, 0.5) is 5.69 Å². The molecular weight excluding hydrogens is 314 g/mol. The topological polar surface area (TPSA) is 12.5 Å². The Balaban J connectivity index is 2.01. The summed E-state index contributed by atoms with van der Waals surface area (Å²) in [5, 5.41) is 0. The van der Waals surface area contributed by atoms with E-state index in [4.69, 9.17) is 16.3 Å². The normalized spacial score (nSPS) is 16.8. The Labute approximate surface area is 122 Å². The smallest absolute Gasteiger partial charge is 0.0508 e. The Morgan fingerprint density at radius 3 is 2.72 bits per heavy atom. The van der Waals surface area contributed by atoms with Crippen molar-refractivity contribution in [1.82, 2.24) is 0 Å². The number of anilines is 1. The van der Waals surface area contributed by atoms with Gasteiger partial charge < -0.3 is 9.64 Å². The minimum absolute atomic E-state index is 0.558. The maximum Gasteiger partial charge on any atom is 0.0508 e. The number of ether oxygens (including phenoxy) is 1. The highest BCUT2D eigenvalue weighted by Crippen LogP contribution is 2.28. The van der Waals surface area contributed by atoms with Gasteiger partial charge in [0.15, 0.2) is 0 Å². The van der Waals surface area contributed by atoms with E-state index < -0.39 is 0 Å². The summed E-state index contributed by atoms with van der Waals surface area (Å²) in [6.45, 7) is 2.90. The molecule has 1 aromatic rings. The van der Waals surface area contributed by atoms with Crippen molar-refractivity contribution in [3.05, 3.63) is 28.2 Å². The van der Waals surface area contributed by atoms with Crippen LogP contribution in [0.15, 0.2) is 22.7 Å². The fraction of sp³-hybridized carbons (Fsp3) is 0.571. The highest BCUT2D eigenvalue weighted by atomic mass is 79.9. The first-order chi connectivity index (χ1) is 8.70. The zero-order valence-corrected chi connectivity index (χ0v) is 13.0. The average molecular weight is 333 g/mol. The van der Waals surface area contributed by atoms with E-state index in [2.05, 4.69) is 46.1 Å². The van der Waals surface area contributed by atoms with Crippen LogP contribution in [0.25, 0.3) is 0 Å². The second-order valence-corrected chi connectivity index (χ2v) is 5.98. The van der Waals surface area contributed by atoms with Crippen LogP contribution in [0.2, 0.25) is 0 Å². The number of halogens is 2. The lowest BCUT2D eigenvalue weighted by Crippen LogP contribution is -2.29. The fourth-order valence-electron chi connectivity index (χ4n) is 2.36. The number of alkyl halides is 1. The van der Waals surface area contributed by atoms with Crippen molar-refractivity contribution in [3.8, 4) is 0 Å². The predicted octanol–water partition coefficient (Wildman–Crippen LogP) is 4.05. The van der Waals surface area contributed by atoms with Crippen LogP contribution in [0.5, 0.6) is 0 Å². The molecule has 0 aromatic heterocycles. The first-order valence-electron chi connectivity index (χ1n) is 6.34. The van der Waals surface area contributed by atoms with E-state index in [0.717, 1.165) is 35.7 Å². The molecule has 100 valence electrons. The van der Waals surface area contributed by atoms with Crippen molar-refractivity contribution in [2.75, 3.05) is 31.7 Å². The highest BCUT2D eigenvalue weighted by molar-refractivity contribution is 9.10. The summed E-state index contributed by atoms with van der Waals surface area (Å²) in [4.78, 5) is 2.32. The molecule has 2 nitrogen and oxygen atoms in total. The van der Waals surface area contributed by atoms with Gasteiger partial charge in [0.2, 0.25) is 0 Å². The zero-order chi connectivity index (χ0) is 13.0. The van der Waals surface area contributed by atoms with E-state index in [0.29, 0.717) is 5.88 Å². The summed E-state index contributed by atoms with van der Waals surface area (Å²) >= 11 is 9.47. The van der Waals surface area contributed by atoms with Gasteiger partial charge in [0.1, 0.15) is 0 Å². The van der Waals surface area contributed by atoms with Crippen LogP contribution < -0.4 is 4.90 Å². The molecule has 1 aliphatic rings. The Hall–Kier alpha value is -0.250. The molecule has 0 N–H and O–H groups in total. The number of rotatable bonds is 4. The van der Waals surface area contributed by atoms with Crippen molar-refractivity contribution in [1.29, 1.82) is 0 Å². The molecule has 0 saturated carbocycles. The van der Waals surface area contributed by atoms with Gasteiger partial charge in [-0.1, -0.05) is 6.07 Å². The second-order valence-electron chi connectivity index (χ2n) is 4.86. The van der Waals surface area contributed by atoms with E-state index in [1.54, 1.807) is 0 Å². The Morgan fingerprint density at radius 1 is 1.39 bits per heavy atom. The van der Waals surface area contributed by atoms with E-state index in [9.17, 15) is 0 Å². The van der Waals surface area contributed by atoms with Gasteiger partial charge >= 0.3 is 0 Å². The highest BCUT2D eigenvalue weighted by Gasteiger charge is 2.17. The van der Waals surface area contributed by atoms with Gasteiger partial charge in [-0.05, 0) is 52.4 Å². The van der Waals surface area contributed by atoms with E-state index in [1.807, 2.05) is 0 Å². The molecule has 1 aromatic carbocycles. The second kappa shape index (κ2) is 6.78. The predicted molar refractivity (Wildman–Crippen MR) is 80.5 cm³/mol. The molecule has 0 aliphatic carbocycles. The lowest BCUT2D eigenvalue weighted by molar-refractivity contribution is 0.0685. The van der Waals surface area contributed by atoms with Crippen molar-refractivity contribution < 1.29 is 4.74 Å². The molecule has 2 rings (SSSR count). The summed E-state index contributed by atoms with van der Waals surface area (Å²) < 4.78 is 6.52. The van der Waals surface area contributed by atoms with Crippen LogP contribution >= 0.6 is 27.5 Å². The molecule has 0 atom stereocenters. The van der Waals surface area contributed by atoms with E-state index >= 15 is 0 Å². The van der Waals surface area contributed by atoms with Gasteiger partial charge in [0, 0.05) is 37.2 Å². The van der Waals surface area contributed by atoms with Crippen LogP contribution in [-0.2, 0) is 10.6 Å². The number of hydrogen-bond donors (Lipinski definition) is 0. The third-order valence-corrected chi connectivity index (χ3v) is 4.39. The number of hydrogen-bond acceptors (Lipinski definition) is 2. The number of benzene rings is 1. The lowest BCUT2D eigenvalue weighted by Gasteiger charge is -2.29. The van der Waals surface area contributed by atoms with Crippen molar-refractivity contribution in [3.63, 3.8) is 0 Å². The third kappa shape index (κ3) is 3.62. The van der Waals surface area contributed by atoms with Crippen LogP contribution in [0.3, 0.4) is 0 Å². The van der Waals surface area contributed by atoms with Gasteiger partial charge in [-0.2, -0.15) is 0 Å². The van der Waals surface area contributed by atoms with Crippen LogP contribution in [0.1, 0.15) is 18.4 Å². The van der Waals surface area contributed by atoms with Crippen molar-refractivity contribution in [2.24, 2.45) is 5.92 Å². The zero-order valence-electron chi connectivity index (χ0n) is 10.7. The monoisotopic (exact) mass is 331 g/mol. The Bertz CT molecular complexity index is 393. The Kier molecular flexibility index (Phi) is 5.34. The van der Waals surface area contributed by atoms with Crippen LogP contribution in [0, 0.1) is 5.92 Å². The summed E-state index contributed by atoms with van der Waals surface area (Å²) in [6.07, 6.45) is 2.34. The molecule has 0 spiro atoms. The summed E-state index contributed by atoms with van der Waals surface area (Å²) in [5.74, 6) is 1.30. The first-order valence-corrected chi connectivity index (χ1v) is 7.66. The molecule has 1 heterocycles. The minimum Gasteiger partial charge on any atom is -0.381 e. The first kappa shape index (κ1) is 14.2. The quantitative estimate of drug-likeness (QED) is 0.771. The van der Waals surface area contributed by atoms with Gasteiger partial charge in [0.25, 0.3) is 0 Å².